The van der Waals surface area contributed by atoms with Crippen LogP contribution in [0.4, 0.5) is 0 Å². The van der Waals surface area contributed by atoms with Crippen molar-refractivity contribution in [3.05, 3.63) is 69.4 Å². The van der Waals surface area contributed by atoms with E-state index < -0.39 is 5.25 Å². The van der Waals surface area contributed by atoms with Gasteiger partial charge in [0.05, 0.1) is 22.8 Å². The summed E-state index contributed by atoms with van der Waals surface area (Å²) in [6.45, 7) is 6.76. The maximum Gasteiger partial charge on any atom is 0.262 e. The highest BCUT2D eigenvalue weighted by Gasteiger charge is 2.25. The van der Waals surface area contributed by atoms with E-state index in [4.69, 9.17) is 0 Å². The molecule has 0 amide bonds. The van der Waals surface area contributed by atoms with Gasteiger partial charge < -0.3 is 9.97 Å². The van der Waals surface area contributed by atoms with Crippen LogP contribution in [0.5, 0.6) is 0 Å². The Bertz CT molecular complexity index is 1370. The van der Waals surface area contributed by atoms with Crippen LogP contribution in [0.2, 0.25) is 0 Å². The Morgan fingerprint density at radius 2 is 1.84 bits per heavy atom. The number of carbonyl (C=O) groups is 2. The van der Waals surface area contributed by atoms with Gasteiger partial charge in [-0.3, -0.25) is 14.4 Å². The Morgan fingerprint density at radius 1 is 1.13 bits per heavy atom. The van der Waals surface area contributed by atoms with Crippen LogP contribution in [0, 0.1) is 13.8 Å². The number of aromatic amines is 2. The molecule has 3 aromatic heterocycles. The number of carbonyl (C=O) groups excluding carboxylic acids is 2. The molecule has 0 spiro atoms. The molecular weight excluding hydrogens is 414 g/mol. The van der Waals surface area contributed by atoms with Crippen LogP contribution >= 0.6 is 11.8 Å². The van der Waals surface area contributed by atoms with Crippen molar-refractivity contribution in [3.8, 4) is 5.69 Å². The lowest BCUT2D eigenvalue weighted by Crippen LogP contribution is -2.17. The molecule has 158 valence electrons. The molecule has 0 saturated carbocycles. The second-order valence-electron chi connectivity index (χ2n) is 7.31. The quantitative estimate of drug-likeness (QED) is 0.272. The summed E-state index contributed by atoms with van der Waals surface area (Å²) in [5.74, 6) is -0.256. The minimum absolute atomic E-state index is 0.0868. The number of para-hydroxylation sites is 1. The van der Waals surface area contributed by atoms with E-state index in [1.807, 2.05) is 30.3 Å². The van der Waals surface area contributed by atoms with Crippen molar-refractivity contribution < 1.29 is 9.59 Å². The molecule has 3 heterocycles. The number of H-pyrrole nitrogens is 2. The van der Waals surface area contributed by atoms with Gasteiger partial charge in [0.1, 0.15) is 5.39 Å². The molecule has 4 rings (SSSR count). The van der Waals surface area contributed by atoms with Crippen LogP contribution in [0.25, 0.3) is 16.7 Å². The Labute approximate surface area is 182 Å². The van der Waals surface area contributed by atoms with Gasteiger partial charge in [0.2, 0.25) is 0 Å². The summed E-state index contributed by atoms with van der Waals surface area (Å²) < 4.78 is 1.60. The van der Waals surface area contributed by atoms with Gasteiger partial charge in [0.15, 0.2) is 22.4 Å². The number of aryl methyl sites for hydroxylation is 1. The molecule has 0 aliphatic heterocycles. The van der Waals surface area contributed by atoms with E-state index in [9.17, 15) is 14.4 Å². The number of nitrogens with one attached hydrogen (secondary N) is 2. The van der Waals surface area contributed by atoms with Crippen LogP contribution < -0.4 is 5.56 Å². The molecule has 9 heteroatoms. The fraction of sp³-hybridized carbons (Fsp3) is 0.227. The molecule has 1 atom stereocenters. The molecule has 4 aromatic rings. The molecule has 0 bridgehead atoms. The third-order valence-electron chi connectivity index (χ3n) is 5.11. The van der Waals surface area contributed by atoms with Gasteiger partial charge in [-0.15, -0.1) is 0 Å². The van der Waals surface area contributed by atoms with Gasteiger partial charge >= 0.3 is 0 Å². The predicted octanol–water partition coefficient (Wildman–Crippen LogP) is 3.62. The zero-order chi connectivity index (χ0) is 22.3. The second-order valence-corrected chi connectivity index (χ2v) is 8.64. The van der Waals surface area contributed by atoms with E-state index in [0.717, 1.165) is 17.4 Å². The molecule has 0 aliphatic carbocycles. The lowest BCUT2D eigenvalue weighted by atomic mass is 10.0. The number of hydrogen-bond donors (Lipinski definition) is 2. The smallest absolute Gasteiger partial charge is 0.262 e. The highest BCUT2D eigenvalue weighted by atomic mass is 32.2. The third kappa shape index (κ3) is 3.72. The maximum atomic E-state index is 13.0. The molecule has 0 fully saturated rings. The fourth-order valence-electron chi connectivity index (χ4n) is 3.66. The van der Waals surface area contributed by atoms with Crippen molar-refractivity contribution in [1.29, 1.82) is 0 Å². The largest absolute Gasteiger partial charge is 0.355 e. The summed E-state index contributed by atoms with van der Waals surface area (Å²) in [6.07, 6.45) is 1.48. The van der Waals surface area contributed by atoms with Crippen molar-refractivity contribution >= 4 is 34.4 Å². The van der Waals surface area contributed by atoms with Crippen molar-refractivity contribution in [2.24, 2.45) is 0 Å². The maximum absolute atomic E-state index is 13.0. The van der Waals surface area contributed by atoms with Crippen molar-refractivity contribution in [2.75, 3.05) is 0 Å². The first kappa shape index (κ1) is 20.8. The molecule has 1 unspecified atom stereocenters. The summed E-state index contributed by atoms with van der Waals surface area (Å²) in [5, 5.41) is 4.45. The third-order valence-corrected chi connectivity index (χ3v) is 6.09. The van der Waals surface area contributed by atoms with Crippen LogP contribution in [-0.4, -0.2) is 41.5 Å². The zero-order valence-corrected chi connectivity index (χ0v) is 18.3. The number of nitrogens with zero attached hydrogens (tertiary/aromatic N) is 3. The molecule has 1 aromatic carbocycles. The summed E-state index contributed by atoms with van der Waals surface area (Å²) in [4.78, 5) is 47.8. The van der Waals surface area contributed by atoms with Crippen LogP contribution in [0.3, 0.4) is 0 Å². The Morgan fingerprint density at radius 3 is 2.48 bits per heavy atom. The van der Waals surface area contributed by atoms with Gasteiger partial charge in [0, 0.05) is 11.3 Å². The molecule has 0 saturated heterocycles. The Balaban J connectivity index is 1.67. The summed E-state index contributed by atoms with van der Waals surface area (Å²) in [7, 11) is 0. The molecule has 0 aliphatic rings. The van der Waals surface area contributed by atoms with Gasteiger partial charge in [0.25, 0.3) is 5.56 Å². The van der Waals surface area contributed by atoms with E-state index >= 15 is 0 Å². The van der Waals surface area contributed by atoms with Gasteiger partial charge in [-0.1, -0.05) is 30.0 Å². The first-order valence-electron chi connectivity index (χ1n) is 9.72. The monoisotopic (exact) mass is 435 g/mol. The topological polar surface area (TPSA) is 114 Å². The first-order valence-corrected chi connectivity index (χ1v) is 10.6. The average molecular weight is 436 g/mol. The Hall–Kier alpha value is -3.46. The van der Waals surface area contributed by atoms with Crippen LogP contribution in [0.15, 0.2) is 46.5 Å². The van der Waals surface area contributed by atoms with E-state index in [1.54, 1.807) is 25.5 Å². The van der Waals surface area contributed by atoms with E-state index in [1.165, 1.54) is 13.1 Å². The zero-order valence-electron chi connectivity index (χ0n) is 17.5. The number of fused-ring (bicyclic) bond motifs is 1. The normalized spacial score (nSPS) is 12.3. The van der Waals surface area contributed by atoms with Crippen molar-refractivity contribution in [2.45, 2.75) is 38.1 Å². The van der Waals surface area contributed by atoms with Gasteiger partial charge in [-0.2, -0.15) is 5.10 Å². The summed E-state index contributed by atoms with van der Waals surface area (Å²) in [5.41, 5.74) is 3.14. The SMILES string of the molecule is CC(=O)c1c(C)[nH]c(C(=O)C(C)Sc2nc3c(cnn3-c3ccccc3)c(=O)[nH]2)c1C. The Kier molecular flexibility index (Phi) is 5.36. The molecule has 2 N–H and O–H groups in total. The highest BCUT2D eigenvalue weighted by Crippen LogP contribution is 2.26. The van der Waals surface area contributed by atoms with Crippen molar-refractivity contribution in [1.82, 2.24) is 24.7 Å². The van der Waals surface area contributed by atoms with Gasteiger partial charge in [-0.05, 0) is 45.4 Å². The molecular formula is C22H21N5O3S. The van der Waals surface area contributed by atoms with E-state index in [0.29, 0.717) is 38.7 Å². The summed E-state index contributed by atoms with van der Waals surface area (Å²) in [6, 6.07) is 9.39. The van der Waals surface area contributed by atoms with Crippen molar-refractivity contribution in [3.63, 3.8) is 0 Å². The lowest BCUT2D eigenvalue weighted by molar-refractivity contribution is 0.0988. The van der Waals surface area contributed by atoms with Gasteiger partial charge in [-0.25, -0.2) is 9.67 Å². The van der Waals surface area contributed by atoms with Crippen LogP contribution in [-0.2, 0) is 0 Å². The minimum Gasteiger partial charge on any atom is -0.355 e. The van der Waals surface area contributed by atoms with E-state index in [2.05, 4.69) is 20.1 Å². The number of hydrogen-bond acceptors (Lipinski definition) is 6. The van der Waals surface area contributed by atoms with E-state index in [-0.39, 0.29) is 17.1 Å². The minimum atomic E-state index is -0.537. The number of thioether (sulfide) groups is 1. The molecule has 31 heavy (non-hydrogen) atoms. The first-order chi connectivity index (χ1) is 14.8. The number of rotatable bonds is 6. The number of benzene rings is 1. The second kappa shape index (κ2) is 7.99. The number of aromatic nitrogens is 5. The average Bonchev–Trinajstić information content (AvgIpc) is 3.28. The fourth-order valence-corrected chi connectivity index (χ4v) is 4.51. The summed E-state index contributed by atoms with van der Waals surface area (Å²) >= 11 is 1.15. The number of ketones is 2. The van der Waals surface area contributed by atoms with Crippen LogP contribution in [0.1, 0.15) is 46.0 Å². The lowest BCUT2D eigenvalue weighted by Gasteiger charge is -2.10. The number of Topliss-reactive ketones (excluding diaryl/α,β-unsaturated/α-hetero) is 2. The molecule has 0 radical (unpaired) electrons. The predicted molar refractivity (Wildman–Crippen MR) is 119 cm³/mol. The molecule has 8 nitrogen and oxygen atoms in total. The standard InChI is InChI=1S/C22H21N5O3S/c1-11-17(13(3)28)12(2)24-18(11)19(29)14(4)31-22-25-20-16(21(30)26-22)10-23-27(20)15-8-6-5-7-9-15/h5-10,14,24H,1-4H3,(H,25,26,30). The highest BCUT2D eigenvalue weighted by molar-refractivity contribution is 8.00.